The Balaban J connectivity index is 1.72. The first-order chi connectivity index (χ1) is 13.4. The number of carboxylic acid groups (broad SMARTS) is 1. The Morgan fingerprint density at radius 1 is 1.25 bits per heavy atom. The van der Waals surface area contributed by atoms with Crippen molar-refractivity contribution >= 4 is 11.9 Å². The Labute approximate surface area is 166 Å². The number of hydrogen-bond donors (Lipinski definition) is 1. The van der Waals surface area contributed by atoms with Gasteiger partial charge in [0.05, 0.1) is 0 Å². The Bertz CT molecular complexity index is 715. The SMILES string of the molecule is COCC(=O)N1CCCN(C2CCc3c(c(C(=O)O)nn3CC(C)C)C2)CC1. The van der Waals surface area contributed by atoms with Crippen LogP contribution in [0.4, 0.5) is 0 Å². The Morgan fingerprint density at radius 3 is 2.71 bits per heavy atom. The highest BCUT2D eigenvalue weighted by molar-refractivity contribution is 5.87. The molecule has 1 N–H and O–H groups in total. The molecule has 2 heterocycles. The van der Waals surface area contributed by atoms with Crippen LogP contribution in [0, 0.1) is 5.92 Å². The number of fused-ring (bicyclic) bond motifs is 1. The maximum absolute atomic E-state index is 12.1. The van der Waals surface area contributed by atoms with Crippen molar-refractivity contribution < 1.29 is 19.4 Å². The van der Waals surface area contributed by atoms with E-state index in [1.165, 1.54) is 0 Å². The van der Waals surface area contributed by atoms with Gasteiger partial charge in [-0.3, -0.25) is 14.4 Å². The van der Waals surface area contributed by atoms with Gasteiger partial charge in [-0.1, -0.05) is 13.8 Å². The lowest BCUT2D eigenvalue weighted by Gasteiger charge is -2.33. The summed E-state index contributed by atoms with van der Waals surface area (Å²) in [5, 5.41) is 14.0. The van der Waals surface area contributed by atoms with Crippen LogP contribution in [-0.4, -0.2) is 82.5 Å². The molecule has 156 valence electrons. The summed E-state index contributed by atoms with van der Waals surface area (Å²) >= 11 is 0. The van der Waals surface area contributed by atoms with Gasteiger partial charge in [0.2, 0.25) is 5.91 Å². The second kappa shape index (κ2) is 9.05. The smallest absolute Gasteiger partial charge is 0.356 e. The van der Waals surface area contributed by atoms with Gasteiger partial charge in [0, 0.05) is 57.1 Å². The molecule has 28 heavy (non-hydrogen) atoms. The molecular weight excluding hydrogens is 360 g/mol. The van der Waals surface area contributed by atoms with E-state index in [1.807, 2.05) is 9.58 Å². The molecule has 3 rings (SSSR count). The van der Waals surface area contributed by atoms with Crippen LogP contribution in [0.5, 0.6) is 0 Å². The first-order valence-corrected chi connectivity index (χ1v) is 10.2. The summed E-state index contributed by atoms with van der Waals surface area (Å²) in [6, 6.07) is 0.305. The number of amides is 1. The molecule has 0 aromatic carbocycles. The van der Waals surface area contributed by atoms with E-state index in [0.717, 1.165) is 63.1 Å². The Morgan fingerprint density at radius 2 is 2.04 bits per heavy atom. The second-order valence-electron chi connectivity index (χ2n) is 8.25. The van der Waals surface area contributed by atoms with Crippen molar-refractivity contribution in [2.75, 3.05) is 39.9 Å². The van der Waals surface area contributed by atoms with E-state index in [2.05, 4.69) is 23.8 Å². The van der Waals surface area contributed by atoms with E-state index in [9.17, 15) is 14.7 Å². The highest BCUT2D eigenvalue weighted by Gasteiger charge is 2.32. The molecule has 1 unspecified atom stereocenters. The minimum Gasteiger partial charge on any atom is -0.476 e. The van der Waals surface area contributed by atoms with Gasteiger partial charge in [-0.05, 0) is 31.6 Å². The Kier molecular flexibility index (Phi) is 6.72. The van der Waals surface area contributed by atoms with Crippen LogP contribution < -0.4 is 0 Å². The molecule has 8 nitrogen and oxygen atoms in total. The lowest BCUT2D eigenvalue weighted by atomic mass is 9.90. The van der Waals surface area contributed by atoms with Gasteiger partial charge in [0.1, 0.15) is 6.61 Å². The summed E-state index contributed by atoms with van der Waals surface area (Å²) in [6.07, 6.45) is 3.51. The van der Waals surface area contributed by atoms with Crippen molar-refractivity contribution in [2.24, 2.45) is 5.92 Å². The topological polar surface area (TPSA) is 87.9 Å². The highest BCUT2D eigenvalue weighted by atomic mass is 16.5. The van der Waals surface area contributed by atoms with Gasteiger partial charge in [0.25, 0.3) is 0 Å². The third-order valence-corrected chi connectivity index (χ3v) is 5.73. The van der Waals surface area contributed by atoms with Crippen molar-refractivity contribution in [2.45, 2.75) is 52.1 Å². The van der Waals surface area contributed by atoms with E-state index in [4.69, 9.17) is 4.74 Å². The number of hydrogen-bond acceptors (Lipinski definition) is 5. The van der Waals surface area contributed by atoms with Crippen LogP contribution in [0.1, 0.15) is 48.4 Å². The third-order valence-electron chi connectivity index (χ3n) is 5.73. The molecule has 1 aromatic rings. The maximum atomic E-state index is 12.1. The molecular formula is C20H32N4O4. The van der Waals surface area contributed by atoms with Gasteiger partial charge in [-0.2, -0.15) is 5.10 Å². The zero-order chi connectivity index (χ0) is 20.3. The van der Waals surface area contributed by atoms with Crippen LogP contribution in [-0.2, 0) is 28.9 Å². The normalized spacial score (nSPS) is 20.9. The molecule has 1 amide bonds. The standard InChI is InChI=1S/C20H32N4O4/c1-14(2)12-24-17-6-5-15(11-16(17)19(21-24)20(26)27)22-7-4-8-23(10-9-22)18(25)13-28-3/h14-15H,4-13H2,1-3H3,(H,26,27). The van der Waals surface area contributed by atoms with E-state index in [-0.39, 0.29) is 18.2 Å². The molecule has 1 fully saturated rings. The number of aromatic carboxylic acids is 1. The predicted molar refractivity (Wildman–Crippen MR) is 104 cm³/mol. The highest BCUT2D eigenvalue weighted by Crippen LogP contribution is 2.28. The Hall–Kier alpha value is -1.93. The van der Waals surface area contributed by atoms with Gasteiger partial charge in [-0.15, -0.1) is 0 Å². The third kappa shape index (κ3) is 4.55. The number of carbonyl (C=O) groups excluding carboxylic acids is 1. The molecule has 1 aromatic heterocycles. The van der Waals surface area contributed by atoms with Crippen LogP contribution >= 0.6 is 0 Å². The lowest BCUT2D eigenvalue weighted by Crippen LogP contribution is -2.43. The zero-order valence-corrected chi connectivity index (χ0v) is 17.2. The molecule has 1 aliphatic carbocycles. The average Bonchev–Trinajstić information content (AvgIpc) is 2.83. The maximum Gasteiger partial charge on any atom is 0.356 e. The number of carboxylic acids is 1. The van der Waals surface area contributed by atoms with E-state index in [0.29, 0.717) is 18.5 Å². The van der Waals surface area contributed by atoms with Crippen LogP contribution in [0.2, 0.25) is 0 Å². The number of aromatic nitrogens is 2. The van der Waals surface area contributed by atoms with Gasteiger partial charge in [0.15, 0.2) is 5.69 Å². The lowest BCUT2D eigenvalue weighted by molar-refractivity contribution is -0.135. The molecule has 1 atom stereocenters. The second-order valence-corrected chi connectivity index (χ2v) is 8.25. The minimum atomic E-state index is -0.938. The largest absolute Gasteiger partial charge is 0.476 e. The molecule has 0 spiro atoms. The summed E-state index contributed by atoms with van der Waals surface area (Å²) in [6.45, 7) is 8.32. The number of ether oxygens (including phenoxy) is 1. The quantitative estimate of drug-likeness (QED) is 0.785. The van der Waals surface area contributed by atoms with Crippen LogP contribution in [0.25, 0.3) is 0 Å². The first-order valence-electron chi connectivity index (χ1n) is 10.2. The fraction of sp³-hybridized carbons (Fsp3) is 0.750. The van der Waals surface area contributed by atoms with Crippen LogP contribution in [0.3, 0.4) is 0 Å². The summed E-state index contributed by atoms with van der Waals surface area (Å²) in [5.74, 6) is -0.477. The van der Waals surface area contributed by atoms with Gasteiger partial charge in [-0.25, -0.2) is 4.79 Å². The minimum absolute atomic E-state index is 0.0402. The van der Waals surface area contributed by atoms with Crippen molar-refractivity contribution in [1.29, 1.82) is 0 Å². The molecule has 1 saturated heterocycles. The zero-order valence-electron chi connectivity index (χ0n) is 17.2. The molecule has 1 aliphatic heterocycles. The molecule has 2 aliphatic rings. The van der Waals surface area contributed by atoms with Crippen molar-refractivity contribution in [3.05, 3.63) is 17.0 Å². The predicted octanol–water partition coefficient (Wildman–Crippen LogP) is 1.28. The molecule has 0 saturated carbocycles. The summed E-state index contributed by atoms with van der Waals surface area (Å²) in [4.78, 5) is 28.2. The molecule has 0 bridgehead atoms. The van der Waals surface area contributed by atoms with E-state index in [1.54, 1.807) is 7.11 Å². The number of rotatable bonds is 6. The monoisotopic (exact) mass is 392 g/mol. The summed E-state index contributed by atoms with van der Waals surface area (Å²) in [7, 11) is 1.54. The first kappa shape index (κ1) is 20.8. The number of carbonyl (C=O) groups is 2. The molecule has 0 radical (unpaired) electrons. The van der Waals surface area contributed by atoms with Crippen molar-refractivity contribution in [1.82, 2.24) is 19.6 Å². The summed E-state index contributed by atoms with van der Waals surface area (Å²) < 4.78 is 6.89. The van der Waals surface area contributed by atoms with E-state index >= 15 is 0 Å². The fourth-order valence-corrected chi connectivity index (χ4v) is 4.42. The summed E-state index contributed by atoms with van der Waals surface area (Å²) in [5.41, 5.74) is 2.21. The number of nitrogens with zero attached hydrogens (tertiary/aromatic N) is 4. The molecule has 8 heteroatoms. The number of methoxy groups -OCH3 is 1. The average molecular weight is 393 g/mol. The van der Waals surface area contributed by atoms with Crippen molar-refractivity contribution in [3.63, 3.8) is 0 Å². The van der Waals surface area contributed by atoms with Gasteiger partial charge < -0.3 is 14.7 Å². The van der Waals surface area contributed by atoms with Gasteiger partial charge >= 0.3 is 5.97 Å². The van der Waals surface area contributed by atoms with E-state index < -0.39 is 5.97 Å². The van der Waals surface area contributed by atoms with Crippen molar-refractivity contribution in [3.8, 4) is 0 Å². The fourth-order valence-electron chi connectivity index (χ4n) is 4.42. The van der Waals surface area contributed by atoms with Crippen LogP contribution in [0.15, 0.2) is 0 Å².